The van der Waals surface area contributed by atoms with Crippen molar-refractivity contribution in [3.8, 4) is 5.75 Å². The van der Waals surface area contributed by atoms with Crippen molar-refractivity contribution in [3.63, 3.8) is 0 Å². The molecule has 0 amide bonds. The van der Waals surface area contributed by atoms with Gasteiger partial charge in [0.15, 0.2) is 0 Å². The van der Waals surface area contributed by atoms with E-state index in [4.69, 9.17) is 9.72 Å². The summed E-state index contributed by atoms with van der Waals surface area (Å²) < 4.78 is 47.2. The number of nitrogens with zero attached hydrogens (tertiary/aromatic N) is 2. The van der Waals surface area contributed by atoms with E-state index in [1.165, 1.54) is 17.7 Å². The molecule has 4 nitrogen and oxygen atoms in total. The van der Waals surface area contributed by atoms with Gasteiger partial charge in [0.2, 0.25) is 0 Å². The zero-order valence-electron chi connectivity index (χ0n) is 18.4. The Morgan fingerprint density at radius 3 is 2.73 bits per heavy atom. The normalized spacial score (nSPS) is 16.5. The average molecular weight is 472 g/mol. The fraction of sp³-hybridized carbons (Fsp3) is 0.360. The van der Waals surface area contributed by atoms with Crippen LogP contribution in [0, 0.1) is 12.7 Å². The van der Waals surface area contributed by atoms with Gasteiger partial charge in [0.25, 0.3) is 6.43 Å². The molecule has 0 bridgehead atoms. The van der Waals surface area contributed by atoms with Crippen LogP contribution in [0.1, 0.15) is 53.9 Å². The van der Waals surface area contributed by atoms with Crippen LogP contribution in [0.25, 0.3) is 16.5 Å². The molecule has 5 rings (SSSR count). The molecular formula is C25H24F3N3OS. The third-order valence-corrected chi connectivity index (χ3v) is 7.07. The number of hydrogen-bond acceptors (Lipinski definition) is 5. The minimum atomic E-state index is -2.87. The van der Waals surface area contributed by atoms with Gasteiger partial charge < -0.3 is 10.1 Å². The number of alkyl halides is 2. The van der Waals surface area contributed by atoms with Gasteiger partial charge in [0, 0.05) is 34.3 Å². The van der Waals surface area contributed by atoms with E-state index >= 15 is 0 Å². The number of allylic oxidation sites excluding steroid dienone is 1. The smallest absolute Gasteiger partial charge is 0.266 e. The second-order valence-electron chi connectivity index (χ2n) is 8.32. The molecule has 0 unspecified atom stereocenters. The highest BCUT2D eigenvalue weighted by Crippen LogP contribution is 2.43. The van der Waals surface area contributed by atoms with Crippen LogP contribution < -0.4 is 10.1 Å². The highest BCUT2D eigenvalue weighted by Gasteiger charge is 2.26. The standard InChI is InChI=1S/C25H24F3N3OS/c1-13(16-4-3-5-17(21(16)26)24(27)28)29-25-20-12-19(15-7-10-33-11-8-15)23-18(6-9-32-23)22(20)30-14(2)31-25/h3-5,7,12-13,24H,6,8-11H2,1-2H3,(H,29,30,31)/t13-/m1/s1. The van der Waals surface area contributed by atoms with E-state index in [9.17, 15) is 13.2 Å². The number of fused-ring (bicyclic) bond motifs is 3. The van der Waals surface area contributed by atoms with E-state index in [0.717, 1.165) is 58.2 Å². The number of aryl methyl sites for hydroxylation is 1. The lowest BCUT2D eigenvalue weighted by atomic mass is 9.95. The Labute approximate surface area is 194 Å². The third-order valence-electron chi connectivity index (χ3n) is 6.17. The van der Waals surface area contributed by atoms with E-state index in [1.807, 2.05) is 18.7 Å². The number of rotatable bonds is 5. The second kappa shape index (κ2) is 8.89. The van der Waals surface area contributed by atoms with Crippen molar-refractivity contribution in [2.45, 2.75) is 39.2 Å². The lowest BCUT2D eigenvalue weighted by molar-refractivity contribution is 0.146. The topological polar surface area (TPSA) is 47.0 Å². The molecule has 2 aliphatic heterocycles. The summed E-state index contributed by atoms with van der Waals surface area (Å²) in [6.45, 7) is 4.16. The summed E-state index contributed by atoms with van der Waals surface area (Å²) in [6, 6.07) is 5.58. The molecule has 1 atom stereocenters. The minimum absolute atomic E-state index is 0.175. The molecule has 0 radical (unpaired) electrons. The maximum absolute atomic E-state index is 14.8. The Morgan fingerprint density at radius 1 is 1.15 bits per heavy atom. The van der Waals surface area contributed by atoms with Gasteiger partial charge >= 0.3 is 0 Å². The highest BCUT2D eigenvalue weighted by molar-refractivity contribution is 7.99. The molecule has 1 aromatic heterocycles. The summed E-state index contributed by atoms with van der Waals surface area (Å²) in [4.78, 5) is 9.31. The Morgan fingerprint density at radius 2 is 1.97 bits per heavy atom. The zero-order chi connectivity index (χ0) is 23.1. The van der Waals surface area contributed by atoms with Crippen molar-refractivity contribution in [2.75, 3.05) is 23.4 Å². The molecule has 1 N–H and O–H groups in total. The number of halogens is 3. The lowest BCUT2D eigenvalue weighted by Crippen LogP contribution is -2.12. The van der Waals surface area contributed by atoms with Crippen LogP contribution in [0.2, 0.25) is 0 Å². The largest absolute Gasteiger partial charge is 0.492 e. The fourth-order valence-electron chi connectivity index (χ4n) is 4.55. The molecule has 0 saturated heterocycles. The van der Waals surface area contributed by atoms with Crippen molar-refractivity contribution in [1.29, 1.82) is 0 Å². The van der Waals surface area contributed by atoms with Crippen LogP contribution in [0.4, 0.5) is 19.0 Å². The van der Waals surface area contributed by atoms with Gasteiger partial charge in [-0.1, -0.05) is 24.3 Å². The zero-order valence-corrected chi connectivity index (χ0v) is 19.2. The Balaban J connectivity index is 1.62. The second-order valence-corrected chi connectivity index (χ2v) is 9.47. The third kappa shape index (κ3) is 4.05. The van der Waals surface area contributed by atoms with Crippen LogP contribution in [0.3, 0.4) is 0 Å². The molecule has 0 saturated carbocycles. The SMILES string of the molecule is Cc1nc(N[C@H](C)c2cccc(C(F)F)c2F)c2cc(C3=CCSCC3)c3c(c2n1)CCO3. The van der Waals surface area contributed by atoms with Crippen LogP contribution in [-0.2, 0) is 6.42 Å². The van der Waals surface area contributed by atoms with Crippen molar-refractivity contribution in [2.24, 2.45) is 0 Å². The molecule has 3 aromatic rings. The summed E-state index contributed by atoms with van der Waals surface area (Å²) in [6.07, 6.45) is 1.10. The van der Waals surface area contributed by atoms with Gasteiger partial charge in [-0.25, -0.2) is 23.1 Å². The van der Waals surface area contributed by atoms with Crippen LogP contribution in [-0.4, -0.2) is 28.1 Å². The number of nitrogens with one attached hydrogen (secondary N) is 1. The molecule has 3 heterocycles. The van der Waals surface area contributed by atoms with E-state index in [1.54, 1.807) is 6.92 Å². The van der Waals surface area contributed by atoms with Crippen LogP contribution >= 0.6 is 11.8 Å². The number of ether oxygens (including phenoxy) is 1. The summed E-state index contributed by atoms with van der Waals surface area (Å²) in [5.41, 5.74) is 3.78. The summed E-state index contributed by atoms with van der Waals surface area (Å²) in [5, 5.41) is 4.10. The Hall–Kier alpha value is -2.74. The molecule has 2 aromatic carbocycles. The van der Waals surface area contributed by atoms with Gasteiger partial charge in [-0.2, -0.15) is 11.8 Å². The molecule has 33 heavy (non-hydrogen) atoms. The molecule has 8 heteroatoms. The van der Waals surface area contributed by atoms with E-state index in [2.05, 4.69) is 22.4 Å². The predicted octanol–water partition coefficient (Wildman–Crippen LogP) is 6.64. The maximum Gasteiger partial charge on any atom is 0.266 e. The number of anilines is 1. The first-order chi connectivity index (χ1) is 15.9. The van der Waals surface area contributed by atoms with Gasteiger partial charge in [-0.3, -0.25) is 0 Å². The predicted molar refractivity (Wildman–Crippen MR) is 127 cm³/mol. The lowest BCUT2D eigenvalue weighted by Gasteiger charge is -2.21. The molecular weight excluding hydrogens is 447 g/mol. The first kappa shape index (κ1) is 22.1. The van der Waals surface area contributed by atoms with Gasteiger partial charge in [0.05, 0.1) is 23.7 Å². The monoisotopic (exact) mass is 471 g/mol. The molecule has 0 spiro atoms. The highest BCUT2D eigenvalue weighted by atomic mass is 32.2. The Kier molecular flexibility index (Phi) is 5.95. The van der Waals surface area contributed by atoms with Gasteiger partial charge in [-0.15, -0.1) is 0 Å². The van der Waals surface area contributed by atoms with E-state index < -0.39 is 23.8 Å². The minimum Gasteiger partial charge on any atom is -0.492 e. The summed E-state index contributed by atoms with van der Waals surface area (Å²) >= 11 is 1.90. The van der Waals surface area contributed by atoms with Crippen LogP contribution in [0.15, 0.2) is 30.3 Å². The van der Waals surface area contributed by atoms with E-state index in [-0.39, 0.29) is 5.56 Å². The van der Waals surface area contributed by atoms with Gasteiger partial charge in [-0.05, 0) is 37.7 Å². The maximum atomic E-state index is 14.8. The van der Waals surface area contributed by atoms with Crippen LogP contribution in [0.5, 0.6) is 5.75 Å². The van der Waals surface area contributed by atoms with Crippen molar-refractivity contribution in [3.05, 3.63) is 64.2 Å². The van der Waals surface area contributed by atoms with Crippen molar-refractivity contribution >= 4 is 34.1 Å². The van der Waals surface area contributed by atoms with E-state index in [0.29, 0.717) is 18.2 Å². The average Bonchev–Trinajstić information content (AvgIpc) is 3.29. The first-order valence-corrected chi connectivity index (χ1v) is 12.2. The number of thioether (sulfide) groups is 1. The first-order valence-electron chi connectivity index (χ1n) is 11.0. The fourth-order valence-corrected chi connectivity index (χ4v) is 5.40. The summed E-state index contributed by atoms with van der Waals surface area (Å²) in [7, 11) is 0. The Bertz CT molecular complexity index is 1260. The number of aromatic nitrogens is 2. The van der Waals surface area contributed by atoms with Gasteiger partial charge in [0.1, 0.15) is 23.2 Å². The molecule has 0 aliphatic carbocycles. The molecule has 2 aliphatic rings. The number of benzene rings is 2. The molecule has 0 fully saturated rings. The molecule has 172 valence electrons. The van der Waals surface area contributed by atoms with Crippen molar-refractivity contribution < 1.29 is 17.9 Å². The summed E-state index contributed by atoms with van der Waals surface area (Å²) in [5.74, 6) is 3.18. The quantitative estimate of drug-likeness (QED) is 0.452. The van der Waals surface area contributed by atoms with Crippen molar-refractivity contribution in [1.82, 2.24) is 9.97 Å². The number of hydrogen-bond donors (Lipinski definition) is 1.